The number of nitriles is 1. The van der Waals surface area contributed by atoms with Gasteiger partial charge in [0.2, 0.25) is 12.3 Å². The van der Waals surface area contributed by atoms with E-state index in [1.54, 1.807) is 17.1 Å². The van der Waals surface area contributed by atoms with Crippen LogP contribution >= 0.6 is 11.6 Å². The predicted octanol–water partition coefficient (Wildman–Crippen LogP) is 4.23. The van der Waals surface area contributed by atoms with Crippen LogP contribution in [-0.2, 0) is 19.2 Å². The summed E-state index contributed by atoms with van der Waals surface area (Å²) in [6.45, 7) is 10.2. The summed E-state index contributed by atoms with van der Waals surface area (Å²) in [6.07, 6.45) is 1.96. The van der Waals surface area contributed by atoms with Crippen LogP contribution in [0.3, 0.4) is 0 Å². The summed E-state index contributed by atoms with van der Waals surface area (Å²) in [7, 11) is 0. The van der Waals surface area contributed by atoms with E-state index in [1.165, 1.54) is 4.90 Å². The van der Waals surface area contributed by atoms with Gasteiger partial charge in [0.25, 0.3) is 0 Å². The normalized spacial score (nSPS) is 20.4. The maximum absolute atomic E-state index is 12.8. The van der Waals surface area contributed by atoms with Gasteiger partial charge in [0.1, 0.15) is 24.5 Å². The van der Waals surface area contributed by atoms with Gasteiger partial charge >= 0.3 is 6.18 Å². The first kappa shape index (κ1) is 35.2. The number of rotatable bonds is 4. The van der Waals surface area contributed by atoms with Crippen LogP contribution < -0.4 is 5.32 Å². The molecule has 1 aromatic carbocycles. The van der Waals surface area contributed by atoms with E-state index in [9.17, 15) is 22.8 Å². The summed E-state index contributed by atoms with van der Waals surface area (Å²) in [5, 5.41) is 19.1. The second-order valence-corrected chi connectivity index (χ2v) is 10.4. The molecular formula is C27H34ClF3N6O4. The third-order valence-electron chi connectivity index (χ3n) is 6.89. The molecule has 1 aliphatic heterocycles. The number of carbonyl (C=O) groups is 4. The summed E-state index contributed by atoms with van der Waals surface area (Å²) in [5.74, 6) is -0.389. The van der Waals surface area contributed by atoms with E-state index >= 15 is 0 Å². The van der Waals surface area contributed by atoms with Gasteiger partial charge < -0.3 is 19.8 Å². The van der Waals surface area contributed by atoms with Crippen LogP contribution in [0.1, 0.15) is 51.5 Å². The fourth-order valence-corrected chi connectivity index (χ4v) is 4.37. The Labute approximate surface area is 241 Å². The van der Waals surface area contributed by atoms with Crippen molar-refractivity contribution in [3.05, 3.63) is 41.2 Å². The van der Waals surface area contributed by atoms with Crippen molar-refractivity contribution in [2.45, 2.75) is 70.6 Å². The lowest BCUT2D eigenvalue weighted by Crippen LogP contribution is -2.45. The highest BCUT2D eigenvalue weighted by molar-refractivity contribution is 6.31. The Balaban J connectivity index is 0.000000302. The first-order chi connectivity index (χ1) is 19.4. The van der Waals surface area contributed by atoms with Crippen molar-refractivity contribution in [2.24, 2.45) is 11.3 Å². The van der Waals surface area contributed by atoms with Gasteiger partial charge in [0.05, 0.1) is 24.2 Å². The van der Waals surface area contributed by atoms with Crippen molar-refractivity contribution >= 4 is 37.5 Å². The number of carbonyl (C=O) groups excluding carboxylic acids is 4. The van der Waals surface area contributed by atoms with E-state index < -0.39 is 23.0 Å². The van der Waals surface area contributed by atoms with Gasteiger partial charge in [0, 0.05) is 17.6 Å². The molecule has 0 spiro atoms. The third kappa shape index (κ3) is 9.11. The standard InChI is InChI=1S/C11H16F3NO.C9H8ClN3.C5H6N2O.2CH2O/c1-7-5-8(2)15(6-7)9(16)10(3-4-10)11(12,13)14;1-7-2-3-8(6-9(7)10)13-5-4-11-12-13;6-3-5(1-2-5)7-4-8;2*1-2/h7-8H,3-6H2,1-2H3;2-6H,1H3;4H,1-2H2,(H,7,8);2*1H2/t7?,8-;;;;/m1..../s1. The molecule has 2 aliphatic carbocycles. The van der Waals surface area contributed by atoms with Crippen LogP contribution in [0.4, 0.5) is 13.2 Å². The number of amides is 2. The zero-order valence-electron chi connectivity index (χ0n) is 23.2. The molecule has 1 aromatic heterocycles. The zero-order valence-corrected chi connectivity index (χ0v) is 23.9. The number of benzene rings is 1. The number of halogens is 4. The molecule has 224 valence electrons. The Morgan fingerprint density at radius 2 is 1.80 bits per heavy atom. The van der Waals surface area contributed by atoms with E-state index in [-0.39, 0.29) is 18.9 Å². The van der Waals surface area contributed by atoms with Crippen molar-refractivity contribution in [3.63, 3.8) is 0 Å². The van der Waals surface area contributed by atoms with Crippen molar-refractivity contribution in [1.82, 2.24) is 25.2 Å². The molecule has 10 nitrogen and oxygen atoms in total. The van der Waals surface area contributed by atoms with Crippen LogP contribution in [-0.4, -0.2) is 70.1 Å². The number of aryl methyl sites for hydroxylation is 1. The molecule has 1 saturated heterocycles. The van der Waals surface area contributed by atoms with Gasteiger partial charge in [-0.1, -0.05) is 29.8 Å². The summed E-state index contributed by atoms with van der Waals surface area (Å²) in [6, 6.07) is 7.74. The lowest BCUT2D eigenvalue weighted by atomic mass is 10.0. The van der Waals surface area contributed by atoms with Crippen LogP contribution in [0.2, 0.25) is 5.02 Å². The van der Waals surface area contributed by atoms with Crippen molar-refractivity contribution < 1.29 is 32.3 Å². The average molecular weight is 599 g/mol. The van der Waals surface area contributed by atoms with E-state index in [1.807, 2.05) is 58.6 Å². The molecule has 0 bridgehead atoms. The van der Waals surface area contributed by atoms with E-state index in [4.69, 9.17) is 26.5 Å². The van der Waals surface area contributed by atoms with E-state index in [0.29, 0.717) is 18.9 Å². The molecule has 3 fully saturated rings. The number of likely N-dealkylation sites (tertiary alicyclic amines) is 1. The summed E-state index contributed by atoms with van der Waals surface area (Å²) in [4.78, 5) is 39.1. The van der Waals surface area contributed by atoms with E-state index in [0.717, 1.165) is 35.5 Å². The van der Waals surface area contributed by atoms with Gasteiger partial charge in [0.15, 0.2) is 0 Å². The molecule has 3 aliphatic rings. The Hall–Kier alpha value is -3.79. The van der Waals surface area contributed by atoms with Crippen molar-refractivity contribution in [1.29, 1.82) is 5.26 Å². The van der Waals surface area contributed by atoms with Gasteiger partial charge in [-0.3, -0.25) is 9.59 Å². The number of nitrogens with one attached hydrogen (secondary N) is 1. The lowest BCUT2D eigenvalue weighted by Gasteiger charge is -2.28. The summed E-state index contributed by atoms with van der Waals surface area (Å²) in [5.41, 5.74) is -0.522. The van der Waals surface area contributed by atoms with Gasteiger partial charge in [-0.05, 0) is 69.6 Å². The quantitative estimate of drug-likeness (QED) is 0.520. The highest BCUT2D eigenvalue weighted by atomic mass is 35.5. The van der Waals surface area contributed by atoms with Gasteiger partial charge in [-0.25, -0.2) is 4.68 Å². The molecule has 0 radical (unpaired) electrons. The molecule has 1 unspecified atom stereocenters. The first-order valence-corrected chi connectivity index (χ1v) is 13.0. The second-order valence-electron chi connectivity index (χ2n) is 9.96. The fourth-order valence-electron chi connectivity index (χ4n) is 4.20. The van der Waals surface area contributed by atoms with Crippen molar-refractivity contribution in [3.8, 4) is 11.8 Å². The Morgan fingerprint density at radius 1 is 1.20 bits per heavy atom. The van der Waals surface area contributed by atoms with Crippen LogP contribution in [0.15, 0.2) is 30.6 Å². The average Bonchev–Trinajstić information content (AvgIpc) is 3.84. The van der Waals surface area contributed by atoms with Crippen LogP contribution in [0.25, 0.3) is 5.69 Å². The number of hydrogen-bond donors (Lipinski definition) is 1. The molecule has 2 saturated carbocycles. The fraction of sp³-hybridized carbons (Fsp3) is 0.519. The summed E-state index contributed by atoms with van der Waals surface area (Å²) < 4.78 is 40.0. The van der Waals surface area contributed by atoms with Gasteiger partial charge in [-0.2, -0.15) is 18.4 Å². The minimum absolute atomic E-state index is 0.0348. The zero-order chi connectivity index (χ0) is 31.4. The molecule has 2 heterocycles. The van der Waals surface area contributed by atoms with E-state index in [2.05, 4.69) is 15.6 Å². The van der Waals surface area contributed by atoms with Crippen LogP contribution in [0.5, 0.6) is 0 Å². The molecule has 2 atom stereocenters. The highest BCUT2D eigenvalue weighted by Crippen LogP contribution is 2.59. The molecule has 5 rings (SSSR count). The number of hydrogen-bond acceptors (Lipinski definition) is 7. The molecule has 14 heteroatoms. The summed E-state index contributed by atoms with van der Waals surface area (Å²) >= 11 is 5.97. The molecule has 2 amide bonds. The second kappa shape index (κ2) is 15.3. The first-order valence-electron chi connectivity index (χ1n) is 12.6. The maximum Gasteiger partial charge on any atom is 0.403 e. The Kier molecular flexibility index (Phi) is 13.1. The van der Waals surface area contributed by atoms with Crippen molar-refractivity contribution in [2.75, 3.05) is 6.54 Å². The lowest BCUT2D eigenvalue weighted by molar-refractivity contribution is -0.198. The van der Waals surface area contributed by atoms with Crippen LogP contribution in [0, 0.1) is 29.6 Å². The smallest absolute Gasteiger partial charge is 0.340 e. The number of alkyl halides is 3. The molecular weight excluding hydrogens is 565 g/mol. The number of aromatic nitrogens is 3. The molecule has 41 heavy (non-hydrogen) atoms. The van der Waals surface area contributed by atoms with Gasteiger partial charge in [-0.15, -0.1) is 5.10 Å². The predicted molar refractivity (Wildman–Crippen MR) is 145 cm³/mol. The maximum atomic E-state index is 12.8. The topological polar surface area (TPSA) is 138 Å². The monoisotopic (exact) mass is 598 g/mol. The minimum atomic E-state index is -4.38. The highest BCUT2D eigenvalue weighted by Gasteiger charge is 2.69. The molecule has 2 aromatic rings. The Morgan fingerprint density at radius 3 is 2.15 bits per heavy atom. The largest absolute Gasteiger partial charge is 0.403 e. The Bertz CT molecular complexity index is 1180. The molecule has 1 N–H and O–H groups in total. The minimum Gasteiger partial charge on any atom is -0.340 e. The third-order valence-corrected chi connectivity index (χ3v) is 7.30. The number of nitrogens with zero attached hydrogens (tertiary/aromatic N) is 5. The SMILES string of the molecule is C=O.C=O.CC1C[C@@H](C)N(C(=O)C2(C(F)(F)F)CC2)C1.Cc1ccc(-n2ccnn2)cc1Cl.N#CC1(NC=O)CC1.